The van der Waals surface area contributed by atoms with E-state index in [-0.39, 0.29) is 12.0 Å². The first kappa shape index (κ1) is 17.4. The van der Waals surface area contributed by atoms with Gasteiger partial charge in [-0.05, 0) is 53.4 Å². The summed E-state index contributed by atoms with van der Waals surface area (Å²) in [5.41, 5.74) is 0. The predicted octanol–water partition coefficient (Wildman–Crippen LogP) is 0.944. The minimum atomic E-state index is -0.197. The summed E-state index contributed by atoms with van der Waals surface area (Å²) in [7, 11) is 4.21. The molecule has 1 saturated heterocycles. The number of nitrogens with zero attached hydrogens (tertiary/aromatic N) is 2. The molecule has 0 amide bonds. The zero-order chi connectivity index (χ0) is 15.0. The van der Waals surface area contributed by atoms with Crippen LogP contribution in [0, 0.1) is 0 Å². The summed E-state index contributed by atoms with van der Waals surface area (Å²) >= 11 is 0. The molecule has 2 atom stereocenters. The van der Waals surface area contributed by atoms with E-state index in [1.54, 1.807) is 0 Å². The van der Waals surface area contributed by atoms with Gasteiger partial charge in [0.15, 0.2) is 0 Å². The number of ether oxygens (including phenoxy) is 1. The number of carbonyl (C=O) groups excluding carboxylic acids is 1. The van der Waals surface area contributed by atoms with Crippen molar-refractivity contribution < 1.29 is 9.53 Å². The SMILES string of the molecule is CCCNC(CN1CCCC1CN(C)C)C(=O)OCC. The van der Waals surface area contributed by atoms with Gasteiger partial charge in [-0.2, -0.15) is 0 Å². The molecule has 118 valence electrons. The Balaban J connectivity index is 2.55. The first-order chi connectivity index (χ1) is 9.58. The van der Waals surface area contributed by atoms with Gasteiger partial charge in [0.1, 0.15) is 6.04 Å². The molecule has 0 saturated carbocycles. The van der Waals surface area contributed by atoms with Gasteiger partial charge in [-0.15, -0.1) is 0 Å². The number of hydrogen-bond donors (Lipinski definition) is 1. The molecular weight excluding hydrogens is 254 g/mol. The van der Waals surface area contributed by atoms with Crippen molar-refractivity contribution in [2.75, 3.05) is 46.9 Å². The highest BCUT2D eigenvalue weighted by molar-refractivity contribution is 5.76. The summed E-state index contributed by atoms with van der Waals surface area (Å²) in [4.78, 5) is 16.7. The molecule has 1 N–H and O–H groups in total. The van der Waals surface area contributed by atoms with E-state index < -0.39 is 0 Å². The van der Waals surface area contributed by atoms with Crippen molar-refractivity contribution in [1.82, 2.24) is 15.1 Å². The average molecular weight is 285 g/mol. The highest BCUT2D eigenvalue weighted by atomic mass is 16.5. The average Bonchev–Trinajstić information content (AvgIpc) is 2.81. The predicted molar refractivity (Wildman–Crippen MR) is 81.9 cm³/mol. The number of nitrogens with one attached hydrogen (secondary N) is 1. The molecule has 0 aromatic carbocycles. The van der Waals surface area contributed by atoms with Crippen molar-refractivity contribution in [2.45, 2.75) is 45.2 Å². The van der Waals surface area contributed by atoms with E-state index >= 15 is 0 Å². The molecule has 2 unspecified atom stereocenters. The fourth-order valence-corrected chi connectivity index (χ4v) is 2.78. The van der Waals surface area contributed by atoms with Crippen LogP contribution in [0.4, 0.5) is 0 Å². The Morgan fingerprint density at radius 2 is 2.20 bits per heavy atom. The summed E-state index contributed by atoms with van der Waals surface area (Å²) < 4.78 is 5.19. The van der Waals surface area contributed by atoms with Gasteiger partial charge >= 0.3 is 5.97 Å². The maximum absolute atomic E-state index is 12.0. The molecule has 1 rings (SSSR count). The van der Waals surface area contributed by atoms with Gasteiger partial charge in [0.2, 0.25) is 0 Å². The smallest absolute Gasteiger partial charge is 0.324 e. The monoisotopic (exact) mass is 285 g/mol. The van der Waals surface area contributed by atoms with Gasteiger partial charge in [0.25, 0.3) is 0 Å². The van der Waals surface area contributed by atoms with E-state index in [0.29, 0.717) is 12.6 Å². The third kappa shape index (κ3) is 5.77. The molecule has 0 aromatic heterocycles. The van der Waals surface area contributed by atoms with Gasteiger partial charge in [-0.3, -0.25) is 9.69 Å². The highest BCUT2D eigenvalue weighted by Crippen LogP contribution is 2.18. The van der Waals surface area contributed by atoms with Crippen LogP contribution in [0.5, 0.6) is 0 Å². The quantitative estimate of drug-likeness (QED) is 0.639. The lowest BCUT2D eigenvalue weighted by Gasteiger charge is -2.30. The molecule has 1 aliphatic heterocycles. The molecule has 1 heterocycles. The van der Waals surface area contributed by atoms with Crippen molar-refractivity contribution in [1.29, 1.82) is 0 Å². The van der Waals surface area contributed by atoms with Gasteiger partial charge in [0, 0.05) is 19.1 Å². The van der Waals surface area contributed by atoms with Crippen LogP contribution in [0.3, 0.4) is 0 Å². The molecule has 1 fully saturated rings. The van der Waals surface area contributed by atoms with E-state index in [0.717, 1.165) is 32.6 Å². The second-order valence-corrected chi connectivity index (χ2v) is 5.81. The molecule has 20 heavy (non-hydrogen) atoms. The molecule has 5 nitrogen and oxygen atoms in total. The molecule has 0 spiro atoms. The molecule has 5 heteroatoms. The lowest BCUT2D eigenvalue weighted by atomic mass is 10.2. The van der Waals surface area contributed by atoms with Gasteiger partial charge in [-0.25, -0.2) is 0 Å². The lowest BCUT2D eigenvalue weighted by molar-refractivity contribution is -0.146. The molecule has 1 aliphatic rings. The fraction of sp³-hybridized carbons (Fsp3) is 0.933. The van der Waals surface area contributed by atoms with Crippen LogP contribution in [0.15, 0.2) is 0 Å². The summed E-state index contributed by atoms with van der Waals surface area (Å²) in [6.07, 6.45) is 3.47. The Labute approximate surface area is 123 Å². The van der Waals surface area contributed by atoms with Crippen LogP contribution < -0.4 is 5.32 Å². The first-order valence-corrected chi connectivity index (χ1v) is 7.87. The van der Waals surface area contributed by atoms with E-state index in [1.165, 1.54) is 12.8 Å². The maximum atomic E-state index is 12.0. The van der Waals surface area contributed by atoms with Crippen molar-refractivity contribution in [3.05, 3.63) is 0 Å². The van der Waals surface area contributed by atoms with Gasteiger partial charge in [-0.1, -0.05) is 6.92 Å². The Kier molecular flexibility index (Phi) is 8.11. The number of rotatable bonds is 9. The lowest BCUT2D eigenvalue weighted by Crippen LogP contribution is -2.50. The minimum Gasteiger partial charge on any atom is -0.465 e. The second kappa shape index (κ2) is 9.32. The number of hydrogen-bond acceptors (Lipinski definition) is 5. The van der Waals surface area contributed by atoms with Gasteiger partial charge < -0.3 is 15.0 Å². The Bertz CT molecular complexity index is 284. The van der Waals surface area contributed by atoms with Crippen LogP contribution in [0.1, 0.15) is 33.1 Å². The van der Waals surface area contributed by atoms with Crippen LogP contribution >= 0.6 is 0 Å². The van der Waals surface area contributed by atoms with E-state index in [2.05, 4.69) is 36.1 Å². The van der Waals surface area contributed by atoms with Crippen molar-refractivity contribution in [2.24, 2.45) is 0 Å². The van der Waals surface area contributed by atoms with Crippen molar-refractivity contribution in [3.8, 4) is 0 Å². The van der Waals surface area contributed by atoms with Crippen LogP contribution in [-0.2, 0) is 9.53 Å². The number of carbonyl (C=O) groups is 1. The van der Waals surface area contributed by atoms with E-state index in [9.17, 15) is 4.79 Å². The van der Waals surface area contributed by atoms with E-state index in [1.807, 2.05) is 6.92 Å². The standard InChI is InChI=1S/C15H31N3O2/c1-5-9-16-14(15(19)20-6-2)12-18-10-7-8-13(18)11-17(3)4/h13-14,16H,5-12H2,1-4H3. The first-order valence-electron chi connectivity index (χ1n) is 7.87. The summed E-state index contributed by atoms with van der Waals surface area (Å²) in [6.45, 7) is 8.18. The summed E-state index contributed by atoms with van der Waals surface area (Å²) in [5, 5.41) is 3.32. The molecule has 0 aromatic rings. The number of likely N-dealkylation sites (N-methyl/N-ethyl adjacent to an activating group) is 1. The maximum Gasteiger partial charge on any atom is 0.324 e. The Hall–Kier alpha value is -0.650. The minimum absolute atomic E-state index is 0.114. The fourth-order valence-electron chi connectivity index (χ4n) is 2.78. The molecule has 0 radical (unpaired) electrons. The Morgan fingerprint density at radius 3 is 2.80 bits per heavy atom. The van der Waals surface area contributed by atoms with E-state index in [4.69, 9.17) is 4.74 Å². The number of esters is 1. The van der Waals surface area contributed by atoms with Crippen molar-refractivity contribution >= 4 is 5.97 Å². The highest BCUT2D eigenvalue weighted by Gasteiger charge is 2.30. The van der Waals surface area contributed by atoms with Crippen LogP contribution in [-0.4, -0.2) is 74.7 Å². The topological polar surface area (TPSA) is 44.8 Å². The van der Waals surface area contributed by atoms with Crippen LogP contribution in [0.25, 0.3) is 0 Å². The largest absolute Gasteiger partial charge is 0.465 e. The Morgan fingerprint density at radius 1 is 1.45 bits per heavy atom. The third-order valence-electron chi connectivity index (χ3n) is 3.70. The summed E-state index contributed by atoms with van der Waals surface area (Å²) in [5.74, 6) is -0.114. The van der Waals surface area contributed by atoms with Crippen molar-refractivity contribution in [3.63, 3.8) is 0 Å². The zero-order valence-electron chi connectivity index (χ0n) is 13.5. The normalized spacial score (nSPS) is 21.4. The summed E-state index contributed by atoms with van der Waals surface area (Å²) in [6, 6.07) is 0.364. The van der Waals surface area contributed by atoms with Crippen LogP contribution in [0.2, 0.25) is 0 Å². The number of likely N-dealkylation sites (tertiary alicyclic amines) is 1. The zero-order valence-corrected chi connectivity index (χ0v) is 13.5. The van der Waals surface area contributed by atoms with Gasteiger partial charge in [0.05, 0.1) is 6.61 Å². The molecular formula is C15H31N3O2. The second-order valence-electron chi connectivity index (χ2n) is 5.81. The third-order valence-corrected chi connectivity index (χ3v) is 3.70. The molecule has 0 aliphatic carbocycles. The molecule has 0 bridgehead atoms.